The van der Waals surface area contributed by atoms with Gasteiger partial charge in [0, 0.05) is 24.6 Å². The predicted molar refractivity (Wildman–Crippen MR) is 89.0 cm³/mol. The van der Waals surface area contributed by atoms with Crippen LogP contribution in [0.15, 0.2) is 18.2 Å². The summed E-state index contributed by atoms with van der Waals surface area (Å²) in [7, 11) is 0. The Bertz CT molecular complexity index is 689. The molecule has 2 bridgehead atoms. The van der Waals surface area contributed by atoms with E-state index in [1.807, 2.05) is 12.1 Å². The maximum absolute atomic E-state index is 6.37. The van der Waals surface area contributed by atoms with Gasteiger partial charge >= 0.3 is 0 Å². The number of fused-ring (bicyclic) bond motifs is 2. The quantitative estimate of drug-likeness (QED) is 0.918. The van der Waals surface area contributed by atoms with Gasteiger partial charge in [-0.2, -0.15) is 5.10 Å². The van der Waals surface area contributed by atoms with E-state index in [9.17, 15) is 0 Å². The third kappa shape index (κ3) is 2.17. The first-order chi connectivity index (χ1) is 10.8. The molecule has 3 aliphatic heterocycles. The summed E-state index contributed by atoms with van der Waals surface area (Å²) in [5.41, 5.74) is 4.65. The van der Waals surface area contributed by atoms with Crippen LogP contribution in [0.5, 0.6) is 5.75 Å². The second-order valence-corrected chi connectivity index (χ2v) is 6.50. The van der Waals surface area contributed by atoms with Crippen molar-refractivity contribution in [1.29, 1.82) is 0 Å². The van der Waals surface area contributed by atoms with E-state index in [1.54, 1.807) is 0 Å². The average Bonchev–Trinajstić information content (AvgIpc) is 3.02. The van der Waals surface area contributed by atoms with E-state index in [4.69, 9.17) is 16.3 Å². The lowest BCUT2D eigenvalue weighted by Gasteiger charge is -2.40. The van der Waals surface area contributed by atoms with Gasteiger partial charge in [-0.3, -0.25) is 5.10 Å². The molecule has 0 atom stereocenters. The first-order valence-corrected chi connectivity index (χ1v) is 8.41. The number of ether oxygens (including phenoxy) is 1. The van der Waals surface area contributed by atoms with Gasteiger partial charge in [0.25, 0.3) is 0 Å². The Morgan fingerprint density at radius 1 is 1.36 bits per heavy atom. The number of H-pyrrole nitrogens is 1. The van der Waals surface area contributed by atoms with E-state index in [-0.39, 0.29) is 0 Å². The molecule has 0 saturated carbocycles. The van der Waals surface area contributed by atoms with E-state index < -0.39 is 0 Å². The van der Waals surface area contributed by atoms with Crippen LogP contribution in [0.25, 0.3) is 11.3 Å². The number of nitrogens with one attached hydrogen (secondary N) is 1. The monoisotopic (exact) mass is 317 g/mol. The van der Waals surface area contributed by atoms with Crippen molar-refractivity contribution < 1.29 is 4.74 Å². The molecule has 0 unspecified atom stereocenters. The Labute approximate surface area is 135 Å². The van der Waals surface area contributed by atoms with Crippen LogP contribution >= 0.6 is 11.6 Å². The summed E-state index contributed by atoms with van der Waals surface area (Å²) in [6.45, 7) is 5.04. The number of aromatic amines is 1. The van der Waals surface area contributed by atoms with E-state index in [0.29, 0.717) is 17.5 Å². The zero-order valence-electron chi connectivity index (χ0n) is 12.7. The van der Waals surface area contributed by atoms with Gasteiger partial charge in [-0.15, -0.1) is 0 Å². The molecule has 1 fully saturated rings. The predicted octanol–water partition coefficient (Wildman–Crippen LogP) is 4.22. The molecule has 1 aromatic carbocycles. The molecule has 0 radical (unpaired) electrons. The number of hydrogen-bond acceptors (Lipinski definition) is 3. The van der Waals surface area contributed by atoms with Crippen molar-refractivity contribution in [1.82, 2.24) is 10.2 Å². The van der Waals surface area contributed by atoms with Crippen LogP contribution in [0.1, 0.15) is 37.8 Å². The number of nitrogens with zero attached hydrogens (tertiary/aromatic N) is 2. The van der Waals surface area contributed by atoms with Crippen molar-refractivity contribution in [3.8, 4) is 17.0 Å². The highest BCUT2D eigenvalue weighted by Crippen LogP contribution is 2.46. The second kappa shape index (κ2) is 5.51. The number of piperidine rings is 1. The minimum Gasteiger partial charge on any atom is -0.492 e. The Hall–Kier alpha value is -1.68. The highest BCUT2D eigenvalue weighted by Gasteiger charge is 2.35. The van der Waals surface area contributed by atoms with Crippen LogP contribution in [-0.2, 0) is 0 Å². The highest BCUT2D eigenvalue weighted by molar-refractivity contribution is 6.32. The Morgan fingerprint density at radius 2 is 2.18 bits per heavy atom. The van der Waals surface area contributed by atoms with Gasteiger partial charge in [0.2, 0.25) is 0 Å². The number of benzene rings is 1. The fourth-order valence-electron chi connectivity index (χ4n) is 3.52. The number of anilines is 1. The maximum atomic E-state index is 6.37. The summed E-state index contributed by atoms with van der Waals surface area (Å²) in [5, 5.41) is 8.49. The van der Waals surface area contributed by atoms with Crippen molar-refractivity contribution in [3.63, 3.8) is 0 Å². The molecule has 0 amide bonds. The molecule has 5 rings (SSSR count). The summed E-state index contributed by atoms with van der Waals surface area (Å²) in [6.07, 6.45) is 3.44. The average molecular weight is 318 g/mol. The van der Waals surface area contributed by atoms with Gasteiger partial charge in [-0.1, -0.05) is 18.5 Å². The van der Waals surface area contributed by atoms with E-state index >= 15 is 0 Å². The van der Waals surface area contributed by atoms with Crippen molar-refractivity contribution in [2.24, 2.45) is 0 Å². The van der Waals surface area contributed by atoms with Crippen LogP contribution in [0.2, 0.25) is 5.02 Å². The lowest BCUT2D eigenvalue weighted by atomic mass is 9.86. The molecular formula is C17H20ClN3O. The third-order valence-corrected chi connectivity index (χ3v) is 4.95. The minimum absolute atomic E-state index is 0.642. The topological polar surface area (TPSA) is 41.1 Å². The molecule has 5 heteroatoms. The van der Waals surface area contributed by atoms with E-state index in [1.165, 1.54) is 24.2 Å². The Kier molecular flexibility index (Phi) is 3.49. The maximum Gasteiger partial charge on any atom is 0.137 e. The number of hydrogen-bond donors (Lipinski definition) is 1. The molecule has 2 aromatic rings. The third-order valence-electron chi connectivity index (χ3n) is 4.65. The number of halogens is 1. The summed E-state index contributed by atoms with van der Waals surface area (Å²) < 4.78 is 5.65. The van der Waals surface area contributed by atoms with Crippen LogP contribution in [0, 0.1) is 0 Å². The fourth-order valence-corrected chi connectivity index (χ4v) is 3.76. The van der Waals surface area contributed by atoms with Crippen molar-refractivity contribution in [3.05, 3.63) is 28.9 Å². The molecule has 1 aromatic heterocycles. The summed E-state index contributed by atoms with van der Waals surface area (Å²) in [6, 6.07) is 5.97. The van der Waals surface area contributed by atoms with Crippen LogP contribution in [0.4, 0.5) is 5.69 Å². The van der Waals surface area contributed by atoms with Gasteiger partial charge in [0.1, 0.15) is 11.4 Å². The van der Waals surface area contributed by atoms with E-state index in [2.05, 4.69) is 28.1 Å². The molecule has 0 aliphatic carbocycles. The Balaban J connectivity index is 1.70. The minimum atomic E-state index is 0.642. The molecule has 3 aliphatic rings. The van der Waals surface area contributed by atoms with Gasteiger partial charge in [0.15, 0.2) is 0 Å². The van der Waals surface area contributed by atoms with Crippen molar-refractivity contribution in [2.45, 2.75) is 32.1 Å². The summed E-state index contributed by atoms with van der Waals surface area (Å²) in [4.78, 5) is 2.45. The summed E-state index contributed by atoms with van der Waals surface area (Å²) >= 11 is 6.37. The molecule has 0 spiro atoms. The van der Waals surface area contributed by atoms with Gasteiger partial charge in [-0.05, 0) is 37.5 Å². The zero-order valence-corrected chi connectivity index (χ0v) is 13.5. The van der Waals surface area contributed by atoms with Gasteiger partial charge in [0.05, 0.1) is 23.0 Å². The molecule has 4 heterocycles. The first-order valence-electron chi connectivity index (χ1n) is 8.04. The van der Waals surface area contributed by atoms with Crippen LogP contribution in [-0.4, -0.2) is 29.9 Å². The lowest BCUT2D eigenvalue weighted by Crippen LogP contribution is -2.38. The SMILES string of the molecule is CCCOc1ccc(-c2n[nH]c3c2N2CCC3CC2)cc1Cl. The van der Waals surface area contributed by atoms with Crippen molar-refractivity contribution in [2.75, 3.05) is 24.6 Å². The second-order valence-electron chi connectivity index (χ2n) is 6.09. The lowest BCUT2D eigenvalue weighted by molar-refractivity contribution is 0.317. The largest absolute Gasteiger partial charge is 0.492 e. The molecule has 1 saturated heterocycles. The van der Waals surface area contributed by atoms with Gasteiger partial charge < -0.3 is 9.64 Å². The van der Waals surface area contributed by atoms with E-state index in [0.717, 1.165) is 36.5 Å². The standard InChI is InChI=1S/C17H20ClN3O/c1-2-9-22-14-4-3-12(10-13(14)18)16-17-15(19-20-16)11-5-7-21(17)8-6-11/h3-4,10-11H,2,5-9H2,1H3,(H,19,20). The molecule has 116 valence electrons. The highest BCUT2D eigenvalue weighted by atomic mass is 35.5. The number of aromatic nitrogens is 2. The van der Waals surface area contributed by atoms with Crippen LogP contribution in [0.3, 0.4) is 0 Å². The molecular weight excluding hydrogens is 298 g/mol. The van der Waals surface area contributed by atoms with Crippen molar-refractivity contribution >= 4 is 17.3 Å². The summed E-state index contributed by atoms with van der Waals surface area (Å²) in [5.74, 6) is 1.39. The van der Waals surface area contributed by atoms with Crippen LogP contribution < -0.4 is 9.64 Å². The Morgan fingerprint density at radius 3 is 2.91 bits per heavy atom. The van der Waals surface area contributed by atoms with Gasteiger partial charge in [-0.25, -0.2) is 0 Å². The smallest absolute Gasteiger partial charge is 0.137 e. The normalized spacial score (nSPS) is 16.9. The zero-order chi connectivity index (χ0) is 15.1. The molecule has 22 heavy (non-hydrogen) atoms. The number of rotatable bonds is 4. The first kappa shape index (κ1) is 13.9. The fraction of sp³-hybridized carbons (Fsp3) is 0.471. The molecule has 4 nitrogen and oxygen atoms in total. The molecule has 1 N–H and O–H groups in total.